The highest BCUT2D eigenvalue weighted by molar-refractivity contribution is 6.64. The van der Waals surface area contributed by atoms with Crippen LogP contribution in [0.3, 0.4) is 0 Å². The Morgan fingerprint density at radius 2 is 1.14 bits per heavy atom. The summed E-state index contributed by atoms with van der Waals surface area (Å²) < 4.78 is 9.61. The maximum absolute atomic E-state index is 7.13. The number of rotatable bonds is 5. The number of furan rings is 1. The summed E-state index contributed by atoms with van der Waals surface area (Å²) in [5, 5.41) is 3.51. The van der Waals surface area contributed by atoms with Gasteiger partial charge in [0.25, 0.3) is 0 Å². The first-order chi connectivity index (χ1) is 27.3. The Morgan fingerprint density at radius 3 is 1.91 bits per heavy atom. The first kappa shape index (κ1) is 34.3. The van der Waals surface area contributed by atoms with Gasteiger partial charge in [-0.25, -0.2) is 15.0 Å². The van der Waals surface area contributed by atoms with E-state index in [1.807, 2.05) is 24.3 Å². The molecule has 260 valence electrons. The van der Waals surface area contributed by atoms with Crippen molar-refractivity contribution in [1.29, 1.82) is 0 Å². The predicted octanol–water partition coefficient (Wildman–Crippen LogP) is 0.893. The van der Waals surface area contributed by atoms with Gasteiger partial charge in [-0.05, 0) is 53.2 Å². The van der Waals surface area contributed by atoms with Crippen LogP contribution < -0.4 is 32.8 Å². The Hall–Kier alpha value is -6.20. The molecule has 9 aromatic rings. The molecule has 0 fully saturated rings. The van der Waals surface area contributed by atoms with Crippen molar-refractivity contribution >= 4 is 119 Å². The predicted molar refractivity (Wildman–Crippen MR) is 252 cm³/mol. The summed E-state index contributed by atoms with van der Waals surface area (Å²) in [6, 6.07) is 38.0. The molecule has 11 heteroatoms. The lowest BCUT2D eigenvalue weighted by molar-refractivity contribution is 0.674. The number of aromatic nitrogens is 4. The summed E-state index contributed by atoms with van der Waals surface area (Å²) in [6.07, 6.45) is 6.72. The van der Waals surface area contributed by atoms with Gasteiger partial charge in [0.15, 0.2) is 17.5 Å². The number of fused-ring (bicyclic) bond motifs is 6. The molecule has 0 aliphatic heterocycles. The van der Waals surface area contributed by atoms with E-state index in [2.05, 4.69) is 149 Å². The molecule has 0 bridgehead atoms. The highest BCUT2D eigenvalue weighted by Gasteiger charge is 2.28. The zero-order chi connectivity index (χ0) is 38.2. The molecule has 0 saturated heterocycles. The lowest BCUT2D eigenvalue weighted by Crippen LogP contribution is -2.41. The van der Waals surface area contributed by atoms with Crippen LogP contribution in [0.15, 0.2) is 120 Å². The average Bonchev–Trinajstić information content (AvgIpc) is 3.80. The average molecular weight is 714 g/mol. The van der Waals surface area contributed by atoms with E-state index in [1.54, 1.807) is 0 Å². The maximum Gasteiger partial charge on any atom is 0.164 e. The van der Waals surface area contributed by atoms with Crippen molar-refractivity contribution in [2.24, 2.45) is 0 Å². The van der Waals surface area contributed by atoms with Gasteiger partial charge in [-0.2, -0.15) is 0 Å². The number of para-hydroxylation sites is 1. The van der Waals surface area contributed by atoms with Crippen molar-refractivity contribution in [3.63, 3.8) is 0 Å². The smallest absolute Gasteiger partial charge is 0.164 e. The molecule has 0 N–H and O–H groups in total. The molecule has 0 radical (unpaired) electrons. The molecule has 0 atom stereocenters. The van der Waals surface area contributed by atoms with Crippen LogP contribution >= 0.6 is 0 Å². The van der Waals surface area contributed by atoms with E-state index in [0.29, 0.717) is 17.5 Å². The number of allylic oxidation sites excluding steroid dienone is 1. The van der Waals surface area contributed by atoms with Gasteiger partial charge in [-0.1, -0.05) is 130 Å². The topological polar surface area (TPSA) is 56.7 Å². The van der Waals surface area contributed by atoms with E-state index in [9.17, 15) is 0 Å². The molecule has 0 unspecified atom stereocenters. The summed E-state index contributed by atoms with van der Waals surface area (Å²) >= 11 is 0. The van der Waals surface area contributed by atoms with Gasteiger partial charge in [0, 0.05) is 44.2 Å². The second-order valence-corrected chi connectivity index (χ2v) is 15.3. The molecule has 5 nitrogen and oxygen atoms in total. The molecule has 10 rings (SSSR count). The van der Waals surface area contributed by atoms with Crippen LogP contribution in [0.1, 0.15) is 17.7 Å². The fourth-order valence-corrected chi connectivity index (χ4v) is 8.98. The molecule has 0 amide bonds. The van der Waals surface area contributed by atoms with Crippen molar-refractivity contribution in [3.8, 4) is 51.0 Å². The van der Waals surface area contributed by atoms with E-state index in [4.69, 9.17) is 19.4 Å². The normalized spacial score (nSPS) is 12.5. The Labute approximate surface area is 331 Å². The SMILES string of the molecule is Bc1c(B)c(-c2nc(-c3ccccc3)nc(-c3cccc(-c4ccccc4)c3)n2)c2c(oc3c(B)c(-n4c5c(c6ccccc64)CCC=C5)c(B)c(B)c32)c1B. The van der Waals surface area contributed by atoms with Gasteiger partial charge >= 0.3 is 0 Å². The molecule has 3 heterocycles. The monoisotopic (exact) mass is 714 g/mol. The lowest BCUT2D eigenvalue weighted by atomic mass is 9.67. The molecule has 6 aromatic carbocycles. The number of hydrogen-bond acceptors (Lipinski definition) is 4. The summed E-state index contributed by atoms with van der Waals surface area (Å²) in [6.45, 7) is 0. The van der Waals surface area contributed by atoms with Crippen molar-refractivity contribution in [2.75, 3.05) is 0 Å². The van der Waals surface area contributed by atoms with Gasteiger partial charge in [-0.3, -0.25) is 0 Å². The molecular weight excluding hydrogens is 677 g/mol. The first-order valence-electron chi connectivity index (χ1n) is 19.5. The zero-order valence-electron chi connectivity index (χ0n) is 32.7. The largest absolute Gasteiger partial charge is 0.457 e. The highest BCUT2D eigenvalue weighted by Crippen LogP contribution is 2.37. The number of hydrogen-bond donors (Lipinski definition) is 0. The maximum atomic E-state index is 7.13. The van der Waals surface area contributed by atoms with Crippen molar-refractivity contribution in [1.82, 2.24) is 19.5 Å². The van der Waals surface area contributed by atoms with Crippen LogP contribution in [0.5, 0.6) is 0 Å². The van der Waals surface area contributed by atoms with E-state index >= 15 is 0 Å². The molecule has 3 aromatic heterocycles. The lowest BCUT2D eigenvalue weighted by Gasteiger charge is -2.20. The van der Waals surface area contributed by atoms with Crippen LogP contribution in [0.25, 0.3) is 89.9 Å². The Balaban J connectivity index is 1.27. The zero-order valence-corrected chi connectivity index (χ0v) is 32.7. The number of benzene rings is 6. The molecule has 0 saturated carbocycles. The Bertz CT molecular complexity index is 3100. The molecule has 0 spiro atoms. The van der Waals surface area contributed by atoms with Gasteiger partial charge in [0.05, 0.1) is 5.52 Å². The van der Waals surface area contributed by atoms with Crippen LogP contribution in [-0.4, -0.2) is 66.6 Å². The van der Waals surface area contributed by atoms with Gasteiger partial charge in [0.1, 0.15) is 58.2 Å². The first-order valence-corrected chi connectivity index (χ1v) is 19.5. The standard InChI is InChI=1S/C45H36B6N4O/c46-34-32-31-33(45-53-43(24-14-5-2-6-15-24)52-44(54-45)26-17-11-16-25(22-26)23-12-3-1-4-13-23)35(47)36(48)38(50)41(31)56-42(32)39(51)40(37(34)49)55-29-20-9-7-18-27(29)28-19-8-10-21-30(28)55/h1-7,9-18,20-22H,8,19,46-51H2. The Kier molecular flexibility index (Phi) is 8.10. The van der Waals surface area contributed by atoms with E-state index < -0.39 is 0 Å². The van der Waals surface area contributed by atoms with E-state index in [0.717, 1.165) is 79.0 Å². The van der Waals surface area contributed by atoms with Crippen LogP contribution in [0.2, 0.25) is 0 Å². The Morgan fingerprint density at radius 1 is 0.518 bits per heavy atom. The minimum Gasteiger partial charge on any atom is -0.457 e. The summed E-state index contributed by atoms with van der Waals surface area (Å²) in [5.41, 5.74) is 19.0. The van der Waals surface area contributed by atoms with Crippen molar-refractivity contribution < 1.29 is 4.42 Å². The molecule has 1 aliphatic carbocycles. The fourth-order valence-electron chi connectivity index (χ4n) is 8.98. The second-order valence-electron chi connectivity index (χ2n) is 15.3. The third kappa shape index (κ3) is 5.21. The van der Waals surface area contributed by atoms with Crippen molar-refractivity contribution in [3.05, 3.63) is 127 Å². The quantitative estimate of drug-likeness (QED) is 0.249. The van der Waals surface area contributed by atoms with E-state index in [1.165, 1.54) is 44.2 Å². The molecular formula is C45H36B6N4O. The minimum atomic E-state index is 0.633. The summed E-state index contributed by atoms with van der Waals surface area (Å²) in [5.74, 6) is 1.91. The second kappa shape index (κ2) is 13.2. The molecule has 1 aliphatic rings. The third-order valence-electron chi connectivity index (χ3n) is 12.2. The van der Waals surface area contributed by atoms with Crippen molar-refractivity contribution in [2.45, 2.75) is 12.8 Å². The van der Waals surface area contributed by atoms with Crippen LogP contribution in [0, 0.1) is 0 Å². The third-order valence-corrected chi connectivity index (χ3v) is 12.2. The van der Waals surface area contributed by atoms with Gasteiger partial charge in [0.2, 0.25) is 0 Å². The molecule has 56 heavy (non-hydrogen) atoms. The van der Waals surface area contributed by atoms with Crippen LogP contribution in [0.4, 0.5) is 0 Å². The number of aryl methyl sites for hydroxylation is 1. The van der Waals surface area contributed by atoms with Gasteiger partial charge in [-0.15, -0.1) is 0 Å². The van der Waals surface area contributed by atoms with Gasteiger partial charge < -0.3 is 8.98 Å². The fraction of sp³-hybridized carbons (Fsp3) is 0.0444. The summed E-state index contributed by atoms with van der Waals surface area (Å²) in [4.78, 5) is 15.8. The minimum absolute atomic E-state index is 0.633. The van der Waals surface area contributed by atoms with E-state index in [-0.39, 0.29) is 0 Å². The van der Waals surface area contributed by atoms with Crippen LogP contribution in [-0.2, 0) is 6.42 Å². The number of nitrogens with zero attached hydrogens (tertiary/aromatic N) is 4. The summed E-state index contributed by atoms with van der Waals surface area (Å²) in [7, 11) is 13.3. The highest BCUT2D eigenvalue weighted by atomic mass is 16.3.